The van der Waals surface area contributed by atoms with E-state index in [2.05, 4.69) is 40.7 Å². The van der Waals surface area contributed by atoms with E-state index in [0.29, 0.717) is 0 Å². The van der Waals surface area contributed by atoms with Crippen LogP contribution in [-0.4, -0.2) is 14.6 Å². The van der Waals surface area contributed by atoms with Gasteiger partial charge < -0.3 is 5.32 Å². The Bertz CT molecular complexity index is 447. The van der Waals surface area contributed by atoms with Crippen LogP contribution in [0.15, 0.2) is 11.6 Å². The van der Waals surface area contributed by atoms with E-state index in [4.69, 9.17) is 0 Å². The van der Waals surface area contributed by atoms with Gasteiger partial charge in [-0.2, -0.15) is 0 Å². The van der Waals surface area contributed by atoms with E-state index in [1.165, 1.54) is 16.4 Å². The third-order valence-electron chi connectivity index (χ3n) is 2.27. The highest BCUT2D eigenvalue weighted by Crippen LogP contribution is 2.24. The van der Waals surface area contributed by atoms with Gasteiger partial charge in [-0.05, 0) is 32.3 Å². The highest BCUT2D eigenvalue weighted by Gasteiger charge is 2.23. The van der Waals surface area contributed by atoms with Crippen molar-refractivity contribution in [1.82, 2.24) is 19.9 Å². The zero-order chi connectivity index (χ0) is 11.6. The van der Waals surface area contributed by atoms with E-state index in [-0.39, 0.29) is 5.54 Å². The van der Waals surface area contributed by atoms with Crippen LogP contribution in [0.1, 0.15) is 29.4 Å². The molecule has 6 heteroatoms. The Balaban J connectivity index is 2.02. The number of aromatic nitrogens is 3. The summed E-state index contributed by atoms with van der Waals surface area (Å²) in [7, 11) is 0. The predicted octanol–water partition coefficient (Wildman–Crippen LogP) is 2.33. The molecule has 0 aromatic carbocycles. The second kappa shape index (κ2) is 4.57. The highest BCUT2D eigenvalue weighted by molar-refractivity contribution is 7.11. The smallest absolute Gasteiger partial charge is 0.112 e. The van der Waals surface area contributed by atoms with Crippen molar-refractivity contribution >= 4 is 22.9 Å². The molecule has 86 valence electrons. The van der Waals surface area contributed by atoms with E-state index in [1.54, 1.807) is 11.3 Å². The van der Waals surface area contributed by atoms with Crippen molar-refractivity contribution in [2.75, 3.05) is 0 Å². The molecule has 4 nitrogen and oxygen atoms in total. The first-order chi connectivity index (χ1) is 7.58. The van der Waals surface area contributed by atoms with Crippen LogP contribution < -0.4 is 5.32 Å². The van der Waals surface area contributed by atoms with E-state index < -0.39 is 0 Å². The summed E-state index contributed by atoms with van der Waals surface area (Å²) in [5, 5.41) is 10.5. The lowest BCUT2D eigenvalue weighted by Crippen LogP contribution is -2.35. The normalized spacial score (nSPS) is 11.9. The number of thiazole rings is 1. The Hall–Kier alpha value is -0.850. The molecule has 0 unspecified atom stereocenters. The maximum Gasteiger partial charge on any atom is 0.112 e. The summed E-state index contributed by atoms with van der Waals surface area (Å²) in [4.78, 5) is 5.65. The third kappa shape index (κ3) is 2.63. The van der Waals surface area contributed by atoms with Gasteiger partial charge in [0.05, 0.1) is 11.2 Å². The summed E-state index contributed by atoms with van der Waals surface area (Å²) in [5.41, 5.74) is 0.856. The molecular formula is C10H14N4S2. The van der Waals surface area contributed by atoms with Crippen molar-refractivity contribution < 1.29 is 0 Å². The van der Waals surface area contributed by atoms with Crippen LogP contribution in [0.4, 0.5) is 0 Å². The van der Waals surface area contributed by atoms with Crippen LogP contribution in [0.2, 0.25) is 0 Å². The van der Waals surface area contributed by atoms with Crippen molar-refractivity contribution in [3.63, 3.8) is 0 Å². The molecule has 0 radical (unpaired) electrons. The Labute approximate surface area is 103 Å². The van der Waals surface area contributed by atoms with E-state index in [9.17, 15) is 0 Å². The minimum atomic E-state index is -0.122. The minimum Gasteiger partial charge on any atom is -0.300 e. The van der Waals surface area contributed by atoms with Crippen LogP contribution in [0.5, 0.6) is 0 Å². The average Bonchev–Trinajstić information content (AvgIpc) is 2.85. The molecule has 0 aliphatic heterocycles. The zero-order valence-corrected chi connectivity index (χ0v) is 11.2. The predicted molar refractivity (Wildman–Crippen MR) is 66.6 cm³/mol. The van der Waals surface area contributed by atoms with Crippen LogP contribution in [0, 0.1) is 6.92 Å². The van der Waals surface area contributed by atoms with Crippen molar-refractivity contribution in [2.45, 2.75) is 32.9 Å². The third-order valence-corrected chi connectivity index (χ3v) is 4.06. The van der Waals surface area contributed by atoms with Crippen molar-refractivity contribution in [2.24, 2.45) is 0 Å². The summed E-state index contributed by atoms with van der Waals surface area (Å²) < 4.78 is 3.84. The second-order valence-electron chi connectivity index (χ2n) is 4.15. The largest absolute Gasteiger partial charge is 0.300 e. The SMILES string of the molecule is Cc1cnc(C(C)(C)NCc2csnn2)s1. The fourth-order valence-corrected chi connectivity index (χ4v) is 2.59. The first kappa shape index (κ1) is 11.6. The quantitative estimate of drug-likeness (QED) is 0.910. The van der Waals surface area contributed by atoms with Crippen LogP contribution in [-0.2, 0) is 12.1 Å². The van der Waals surface area contributed by atoms with Crippen LogP contribution in [0.25, 0.3) is 0 Å². The molecule has 0 saturated heterocycles. The van der Waals surface area contributed by atoms with E-state index in [0.717, 1.165) is 17.2 Å². The fourth-order valence-electron chi connectivity index (χ4n) is 1.29. The molecule has 0 bridgehead atoms. The van der Waals surface area contributed by atoms with Crippen LogP contribution >= 0.6 is 22.9 Å². The number of hydrogen-bond acceptors (Lipinski definition) is 6. The molecule has 0 atom stereocenters. The minimum absolute atomic E-state index is 0.122. The van der Waals surface area contributed by atoms with Gasteiger partial charge in [0.1, 0.15) is 5.01 Å². The van der Waals surface area contributed by atoms with Gasteiger partial charge >= 0.3 is 0 Å². The summed E-state index contributed by atoms with van der Waals surface area (Å²) in [6.07, 6.45) is 1.91. The molecule has 2 heterocycles. The van der Waals surface area contributed by atoms with Gasteiger partial charge in [0.25, 0.3) is 0 Å². The van der Waals surface area contributed by atoms with Crippen LogP contribution in [0.3, 0.4) is 0 Å². The molecule has 0 aliphatic carbocycles. The number of nitrogens with zero attached hydrogens (tertiary/aromatic N) is 3. The van der Waals surface area contributed by atoms with Gasteiger partial charge in [-0.15, -0.1) is 16.4 Å². The Morgan fingerprint density at radius 3 is 2.81 bits per heavy atom. The lowest BCUT2D eigenvalue weighted by atomic mass is 10.1. The lowest BCUT2D eigenvalue weighted by Gasteiger charge is -2.23. The average molecular weight is 254 g/mol. The van der Waals surface area contributed by atoms with E-state index in [1.807, 2.05) is 11.6 Å². The molecule has 0 amide bonds. The van der Waals surface area contributed by atoms with Crippen molar-refractivity contribution in [3.05, 3.63) is 27.2 Å². The van der Waals surface area contributed by atoms with Crippen molar-refractivity contribution in [3.8, 4) is 0 Å². The lowest BCUT2D eigenvalue weighted by molar-refractivity contribution is 0.396. The maximum absolute atomic E-state index is 4.41. The Morgan fingerprint density at radius 2 is 2.25 bits per heavy atom. The molecule has 0 spiro atoms. The molecular weight excluding hydrogens is 240 g/mol. The zero-order valence-electron chi connectivity index (χ0n) is 9.52. The molecule has 0 saturated carbocycles. The number of hydrogen-bond donors (Lipinski definition) is 1. The monoisotopic (exact) mass is 254 g/mol. The summed E-state index contributed by atoms with van der Waals surface area (Å²) in [6, 6.07) is 0. The number of aryl methyl sites for hydroxylation is 1. The van der Waals surface area contributed by atoms with Gasteiger partial charge in [0.2, 0.25) is 0 Å². The highest BCUT2D eigenvalue weighted by atomic mass is 32.1. The first-order valence-corrected chi connectivity index (χ1v) is 6.67. The molecule has 0 fully saturated rings. The number of rotatable bonds is 4. The van der Waals surface area contributed by atoms with Gasteiger partial charge in [-0.3, -0.25) is 0 Å². The number of nitrogens with one attached hydrogen (secondary N) is 1. The first-order valence-electron chi connectivity index (χ1n) is 5.02. The topological polar surface area (TPSA) is 50.7 Å². The van der Waals surface area contributed by atoms with Crippen molar-refractivity contribution in [1.29, 1.82) is 0 Å². The maximum atomic E-state index is 4.41. The summed E-state index contributed by atoms with van der Waals surface area (Å²) in [5.74, 6) is 0. The van der Waals surface area contributed by atoms with E-state index >= 15 is 0 Å². The molecule has 2 rings (SSSR count). The van der Waals surface area contributed by atoms with Gasteiger partial charge in [-0.25, -0.2) is 4.98 Å². The molecule has 0 aliphatic rings. The molecule has 2 aromatic rings. The Morgan fingerprint density at radius 1 is 1.44 bits per heavy atom. The van der Waals surface area contributed by atoms with Gasteiger partial charge in [-0.1, -0.05) is 4.49 Å². The summed E-state index contributed by atoms with van der Waals surface area (Å²) in [6.45, 7) is 7.06. The van der Waals surface area contributed by atoms with Gasteiger partial charge in [0.15, 0.2) is 0 Å². The molecule has 16 heavy (non-hydrogen) atoms. The summed E-state index contributed by atoms with van der Waals surface area (Å²) >= 11 is 3.10. The standard InChI is InChI=1S/C10H14N4S2/c1-7-4-11-9(16-7)10(2,3)12-5-8-6-15-14-13-8/h4,6,12H,5H2,1-3H3. The van der Waals surface area contributed by atoms with Gasteiger partial charge in [0, 0.05) is 23.0 Å². The fraction of sp³-hybridized carbons (Fsp3) is 0.500. The molecule has 2 aromatic heterocycles. The second-order valence-corrected chi connectivity index (χ2v) is 6.00. The molecule has 1 N–H and O–H groups in total. The Kier molecular flexibility index (Phi) is 3.32.